The predicted molar refractivity (Wildman–Crippen MR) is 102 cm³/mol. The van der Waals surface area contributed by atoms with Crippen molar-refractivity contribution in [3.05, 3.63) is 59.9 Å². The first kappa shape index (κ1) is 20.0. The summed E-state index contributed by atoms with van der Waals surface area (Å²) in [7, 11) is -0.715. The minimum Gasteiger partial charge on any atom is -0.347 e. The van der Waals surface area contributed by atoms with Gasteiger partial charge in [-0.25, -0.2) is 17.1 Å². The molecule has 1 atom stereocenters. The molecule has 0 bridgehead atoms. The minimum absolute atomic E-state index is 0.0855. The average Bonchev–Trinajstić information content (AvgIpc) is 3.01. The van der Waals surface area contributed by atoms with Crippen LogP contribution in [0.2, 0.25) is 0 Å². The maximum atomic E-state index is 13.4. The van der Waals surface area contributed by atoms with E-state index >= 15 is 0 Å². The van der Waals surface area contributed by atoms with Gasteiger partial charge >= 0.3 is 0 Å². The van der Waals surface area contributed by atoms with Gasteiger partial charge in [-0.15, -0.1) is 0 Å². The first-order valence-corrected chi connectivity index (χ1v) is 10.0. The van der Waals surface area contributed by atoms with E-state index in [0.717, 1.165) is 4.31 Å². The first-order chi connectivity index (χ1) is 13.2. The third kappa shape index (κ3) is 4.05. The van der Waals surface area contributed by atoms with Crippen LogP contribution in [0.3, 0.4) is 0 Å². The summed E-state index contributed by atoms with van der Waals surface area (Å²) in [5, 5.41) is 2.77. The molecule has 0 aliphatic carbocycles. The second-order valence-electron chi connectivity index (χ2n) is 6.67. The van der Waals surface area contributed by atoms with E-state index in [9.17, 15) is 22.4 Å². The van der Waals surface area contributed by atoms with E-state index in [0.29, 0.717) is 5.69 Å². The zero-order valence-corrected chi connectivity index (χ0v) is 16.2. The van der Waals surface area contributed by atoms with Crippen LogP contribution in [0.15, 0.2) is 53.4 Å². The van der Waals surface area contributed by atoms with Crippen molar-refractivity contribution in [3.8, 4) is 0 Å². The van der Waals surface area contributed by atoms with E-state index < -0.39 is 27.8 Å². The molecule has 2 amide bonds. The molecule has 2 aromatic rings. The topological polar surface area (TPSA) is 86.8 Å². The van der Waals surface area contributed by atoms with Gasteiger partial charge in [-0.2, -0.15) is 0 Å². The summed E-state index contributed by atoms with van der Waals surface area (Å²) < 4.78 is 38.6. The van der Waals surface area contributed by atoms with Gasteiger partial charge in [0.05, 0.1) is 10.9 Å². The molecule has 1 aliphatic heterocycles. The molecule has 3 rings (SSSR count). The van der Waals surface area contributed by atoms with Crippen LogP contribution in [-0.4, -0.2) is 51.2 Å². The van der Waals surface area contributed by atoms with Crippen molar-refractivity contribution in [1.29, 1.82) is 0 Å². The lowest BCUT2D eigenvalue weighted by Crippen LogP contribution is -2.37. The quantitative estimate of drug-likeness (QED) is 0.819. The average molecular weight is 405 g/mol. The minimum atomic E-state index is -3.57. The van der Waals surface area contributed by atoms with Gasteiger partial charge in [-0.1, -0.05) is 6.07 Å². The third-order valence-electron chi connectivity index (χ3n) is 4.48. The largest absolute Gasteiger partial charge is 0.347 e. The molecule has 0 radical (unpaired) electrons. The standard InChI is InChI=1S/C19H20FN3O4S/c1-22(2)28(26,27)17-8-6-13(7-9-17)19(25)21-15-11-18(24)23(12-15)16-5-3-4-14(20)10-16/h3-10,15H,11-12H2,1-2H3,(H,21,25)/t15-/m0/s1. The summed E-state index contributed by atoms with van der Waals surface area (Å²) >= 11 is 0. The number of sulfonamides is 1. The molecular weight excluding hydrogens is 385 g/mol. The van der Waals surface area contributed by atoms with Gasteiger partial charge in [0, 0.05) is 38.3 Å². The van der Waals surface area contributed by atoms with E-state index in [1.165, 1.54) is 61.5 Å². The fraction of sp³-hybridized carbons (Fsp3) is 0.263. The van der Waals surface area contributed by atoms with Crippen molar-refractivity contribution in [2.45, 2.75) is 17.4 Å². The number of hydrogen-bond donors (Lipinski definition) is 1. The molecule has 1 N–H and O–H groups in total. The van der Waals surface area contributed by atoms with Crippen molar-refractivity contribution in [2.24, 2.45) is 0 Å². The normalized spacial score (nSPS) is 17.2. The molecule has 0 aromatic heterocycles. The Labute approximate surface area is 162 Å². The number of benzene rings is 2. The Hall–Kier alpha value is -2.78. The molecule has 1 fully saturated rings. The van der Waals surface area contributed by atoms with Crippen LogP contribution in [0.25, 0.3) is 0 Å². The molecule has 1 heterocycles. The highest BCUT2D eigenvalue weighted by atomic mass is 32.2. The lowest BCUT2D eigenvalue weighted by molar-refractivity contribution is -0.117. The van der Waals surface area contributed by atoms with Crippen LogP contribution < -0.4 is 10.2 Å². The highest BCUT2D eigenvalue weighted by molar-refractivity contribution is 7.89. The lowest BCUT2D eigenvalue weighted by atomic mass is 10.2. The molecule has 0 spiro atoms. The predicted octanol–water partition coefficient (Wildman–Crippen LogP) is 1.61. The Morgan fingerprint density at radius 3 is 2.46 bits per heavy atom. The highest BCUT2D eigenvalue weighted by Gasteiger charge is 2.32. The molecule has 28 heavy (non-hydrogen) atoms. The van der Waals surface area contributed by atoms with Gasteiger partial charge in [-0.3, -0.25) is 9.59 Å². The molecule has 1 aliphatic rings. The molecule has 148 valence electrons. The van der Waals surface area contributed by atoms with Gasteiger partial charge in [0.1, 0.15) is 5.82 Å². The van der Waals surface area contributed by atoms with Gasteiger partial charge in [0.2, 0.25) is 15.9 Å². The summed E-state index contributed by atoms with van der Waals surface area (Å²) in [4.78, 5) is 26.2. The summed E-state index contributed by atoms with van der Waals surface area (Å²) in [6.45, 7) is 0.237. The third-order valence-corrected chi connectivity index (χ3v) is 6.30. The number of nitrogens with one attached hydrogen (secondary N) is 1. The van der Waals surface area contributed by atoms with Crippen molar-refractivity contribution < 1.29 is 22.4 Å². The fourth-order valence-electron chi connectivity index (χ4n) is 2.96. The van der Waals surface area contributed by atoms with Crippen molar-refractivity contribution in [2.75, 3.05) is 25.5 Å². The number of rotatable bonds is 5. The second kappa shape index (κ2) is 7.69. The van der Waals surface area contributed by atoms with Gasteiger partial charge in [-0.05, 0) is 42.5 Å². The van der Waals surface area contributed by atoms with Gasteiger partial charge in [0.25, 0.3) is 5.91 Å². The number of halogens is 1. The molecule has 0 unspecified atom stereocenters. The van der Waals surface area contributed by atoms with Crippen molar-refractivity contribution in [1.82, 2.24) is 9.62 Å². The number of carbonyl (C=O) groups excluding carboxylic acids is 2. The van der Waals surface area contributed by atoms with E-state index in [1.54, 1.807) is 6.07 Å². The zero-order valence-electron chi connectivity index (χ0n) is 15.4. The maximum absolute atomic E-state index is 13.4. The fourth-order valence-corrected chi connectivity index (χ4v) is 3.86. The number of amides is 2. The molecule has 9 heteroatoms. The monoisotopic (exact) mass is 405 g/mol. The molecule has 0 saturated carbocycles. The Bertz CT molecular complexity index is 1010. The summed E-state index contributed by atoms with van der Waals surface area (Å²) in [5.41, 5.74) is 0.731. The maximum Gasteiger partial charge on any atom is 0.251 e. The van der Waals surface area contributed by atoms with Crippen LogP contribution in [0, 0.1) is 5.82 Å². The van der Waals surface area contributed by atoms with Crippen LogP contribution in [-0.2, 0) is 14.8 Å². The molecule has 1 saturated heterocycles. The van der Waals surface area contributed by atoms with Crippen LogP contribution in [0.4, 0.5) is 10.1 Å². The Morgan fingerprint density at radius 1 is 1.18 bits per heavy atom. The zero-order chi connectivity index (χ0) is 20.5. The van der Waals surface area contributed by atoms with Gasteiger partial charge in [0.15, 0.2) is 0 Å². The SMILES string of the molecule is CN(C)S(=O)(=O)c1ccc(C(=O)N[C@H]2CC(=O)N(c3cccc(F)c3)C2)cc1. The highest BCUT2D eigenvalue weighted by Crippen LogP contribution is 2.22. The number of hydrogen-bond acceptors (Lipinski definition) is 4. The van der Waals surface area contributed by atoms with E-state index in [2.05, 4.69) is 5.32 Å². The van der Waals surface area contributed by atoms with Crippen LogP contribution in [0.1, 0.15) is 16.8 Å². The number of anilines is 1. The van der Waals surface area contributed by atoms with Crippen molar-refractivity contribution in [3.63, 3.8) is 0 Å². The Morgan fingerprint density at radius 2 is 1.86 bits per heavy atom. The molecule has 2 aromatic carbocycles. The van der Waals surface area contributed by atoms with Crippen molar-refractivity contribution >= 4 is 27.5 Å². The smallest absolute Gasteiger partial charge is 0.251 e. The van der Waals surface area contributed by atoms with Crippen LogP contribution >= 0.6 is 0 Å². The lowest BCUT2D eigenvalue weighted by Gasteiger charge is -2.17. The number of nitrogens with zero attached hydrogens (tertiary/aromatic N) is 2. The van der Waals surface area contributed by atoms with E-state index in [4.69, 9.17) is 0 Å². The summed E-state index contributed by atoms with van der Waals surface area (Å²) in [5.74, 6) is -1.05. The first-order valence-electron chi connectivity index (χ1n) is 8.58. The number of carbonyl (C=O) groups is 2. The molecular formula is C19H20FN3O4S. The van der Waals surface area contributed by atoms with E-state index in [-0.39, 0.29) is 29.3 Å². The Balaban J connectivity index is 1.68. The summed E-state index contributed by atoms with van der Waals surface area (Å²) in [6, 6.07) is 10.9. The molecule has 7 nitrogen and oxygen atoms in total. The second-order valence-corrected chi connectivity index (χ2v) is 8.82. The van der Waals surface area contributed by atoms with Gasteiger partial charge < -0.3 is 10.2 Å². The van der Waals surface area contributed by atoms with E-state index in [1.807, 2.05) is 0 Å². The Kier molecular flexibility index (Phi) is 5.48. The summed E-state index contributed by atoms with van der Waals surface area (Å²) in [6.07, 6.45) is 0.106. The van der Waals surface area contributed by atoms with Crippen LogP contribution in [0.5, 0.6) is 0 Å².